The van der Waals surface area contributed by atoms with Gasteiger partial charge in [-0.25, -0.2) is 0 Å². The maximum absolute atomic E-state index is 8.76. The van der Waals surface area contributed by atoms with E-state index in [9.17, 15) is 0 Å². The van der Waals surface area contributed by atoms with Crippen LogP contribution in [0, 0.1) is 0 Å². The maximum atomic E-state index is 8.76. The summed E-state index contributed by atoms with van der Waals surface area (Å²) in [5.41, 5.74) is 0. The number of hydrogen-bond acceptors (Lipinski definition) is 1. The van der Waals surface area contributed by atoms with Crippen LogP contribution in [0.3, 0.4) is 0 Å². The Morgan fingerprint density at radius 1 is 1.60 bits per heavy atom. The first kappa shape index (κ1) is 9.94. The molecule has 0 bridgehead atoms. The molecule has 0 aromatic heterocycles. The summed E-state index contributed by atoms with van der Waals surface area (Å²) in [4.78, 5) is 0. The Morgan fingerprint density at radius 2 is 1.60 bits per heavy atom. The SMILES string of the molecule is O=[Se](O)O.[Ba+2].[H-].[H-]. The van der Waals surface area contributed by atoms with Gasteiger partial charge in [-0.1, -0.05) is 0 Å². The van der Waals surface area contributed by atoms with Crippen LogP contribution in [-0.4, -0.2) is 71.8 Å². The fourth-order valence-corrected chi connectivity index (χ4v) is 0. The molecule has 0 unspecified atom stereocenters. The molecule has 2 N–H and O–H groups in total. The van der Waals surface area contributed by atoms with Crippen LogP contribution in [0.1, 0.15) is 2.85 Å². The summed E-state index contributed by atoms with van der Waals surface area (Å²) < 4.78 is 23.1. The van der Waals surface area contributed by atoms with Crippen LogP contribution in [-0.2, 0) is 3.83 Å². The van der Waals surface area contributed by atoms with Crippen LogP contribution in [0.2, 0.25) is 0 Å². The average molecular weight is 268 g/mol. The molecule has 3 nitrogen and oxygen atoms in total. The van der Waals surface area contributed by atoms with Crippen molar-refractivity contribution < 1.29 is 15.1 Å². The van der Waals surface area contributed by atoms with E-state index in [-0.39, 0.29) is 51.7 Å². The van der Waals surface area contributed by atoms with Gasteiger partial charge < -0.3 is 2.85 Å². The minimum Gasteiger partial charge on any atom is -1.00 e. The predicted molar refractivity (Wildman–Crippen MR) is 18.9 cm³/mol. The normalized spacial score (nSPS) is 7.00. The van der Waals surface area contributed by atoms with E-state index in [1.54, 1.807) is 0 Å². The van der Waals surface area contributed by atoms with Gasteiger partial charge in [0.25, 0.3) is 0 Å². The number of hydrogen-bond donors (Lipinski definition) is 2. The van der Waals surface area contributed by atoms with Gasteiger partial charge in [-0.2, -0.15) is 0 Å². The van der Waals surface area contributed by atoms with E-state index < -0.39 is 14.5 Å². The summed E-state index contributed by atoms with van der Waals surface area (Å²) in [7, 11) is 0. The zero-order chi connectivity index (χ0) is 3.58. The zero-order valence-corrected chi connectivity index (χ0v) is 8.57. The summed E-state index contributed by atoms with van der Waals surface area (Å²) in [6, 6.07) is 0. The molecule has 0 aromatic rings. The van der Waals surface area contributed by atoms with Crippen LogP contribution in [0.15, 0.2) is 0 Å². The molecule has 0 aliphatic heterocycles. The largest absolute Gasteiger partial charge is 2.00 e. The van der Waals surface area contributed by atoms with E-state index in [1.807, 2.05) is 0 Å². The first-order valence-electron chi connectivity index (χ1n) is 0.532. The Bertz CT molecular complexity index is 35.9. The average Bonchev–Trinajstić information content (AvgIpc) is 0.811. The van der Waals surface area contributed by atoms with Crippen molar-refractivity contribution in [3.63, 3.8) is 0 Å². The van der Waals surface area contributed by atoms with Gasteiger partial charge in [-0.15, -0.1) is 0 Å². The summed E-state index contributed by atoms with van der Waals surface area (Å²) in [5.74, 6) is 0. The van der Waals surface area contributed by atoms with Gasteiger partial charge >= 0.3 is 75.6 Å². The molecule has 5 heavy (non-hydrogen) atoms. The Morgan fingerprint density at radius 3 is 1.60 bits per heavy atom. The van der Waals surface area contributed by atoms with E-state index in [0.717, 1.165) is 0 Å². The van der Waals surface area contributed by atoms with Crippen molar-refractivity contribution in [2.45, 2.75) is 0 Å². The molecule has 0 fully saturated rings. The summed E-state index contributed by atoms with van der Waals surface area (Å²) in [6.07, 6.45) is 0. The van der Waals surface area contributed by atoms with Crippen molar-refractivity contribution in [2.24, 2.45) is 0 Å². The molecule has 0 saturated carbocycles. The third-order valence-corrected chi connectivity index (χ3v) is 0. The Hall–Kier alpha value is 1.81. The minimum atomic E-state index is -3.29. The number of rotatable bonds is 0. The molecule has 5 heteroatoms. The standard InChI is InChI=1S/Ba.H2O3Se.2H/c;1-4(2)3;;/h;(H2,1,2,3);;/q+2;;2*-1. The molecular formula is H4BaO3Se. The molecule has 0 aliphatic carbocycles. The van der Waals surface area contributed by atoms with Crippen molar-refractivity contribution >= 4 is 63.4 Å². The van der Waals surface area contributed by atoms with Gasteiger partial charge in [0.05, 0.1) is 0 Å². The summed E-state index contributed by atoms with van der Waals surface area (Å²) in [5, 5.41) is 0. The molecule has 0 amide bonds. The van der Waals surface area contributed by atoms with Crippen molar-refractivity contribution in [1.29, 1.82) is 0 Å². The fraction of sp³-hybridized carbons (Fsp3) is 0. The first-order valence-corrected chi connectivity index (χ1v) is 2.76. The molecule has 0 spiro atoms. The quantitative estimate of drug-likeness (QED) is 0.511. The van der Waals surface area contributed by atoms with Crippen LogP contribution in [0.4, 0.5) is 0 Å². The van der Waals surface area contributed by atoms with Gasteiger partial charge in [-0.3, -0.25) is 0 Å². The molecule has 0 aromatic carbocycles. The minimum absolute atomic E-state index is 0. The molecule has 0 rings (SSSR count). The fourth-order valence-electron chi connectivity index (χ4n) is 0. The summed E-state index contributed by atoms with van der Waals surface area (Å²) in [6.45, 7) is 0. The first-order chi connectivity index (χ1) is 1.73. The van der Waals surface area contributed by atoms with E-state index in [0.29, 0.717) is 0 Å². The third kappa shape index (κ3) is 25.7. The van der Waals surface area contributed by atoms with Gasteiger partial charge in [-0.05, 0) is 0 Å². The monoisotopic (exact) mass is 270 g/mol. The molecule has 0 heterocycles. The third-order valence-electron chi connectivity index (χ3n) is 0. The van der Waals surface area contributed by atoms with Crippen molar-refractivity contribution in [2.75, 3.05) is 0 Å². The Kier molecular flexibility index (Phi) is 11.5. The maximum Gasteiger partial charge on any atom is 2.00 e. The molecule has 0 atom stereocenters. The van der Waals surface area contributed by atoms with Crippen LogP contribution < -0.4 is 0 Å². The molecule has 0 radical (unpaired) electrons. The van der Waals surface area contributed by atoms with E-state index >= 15 is 0 Å². The second-order valence-electron chi connectivity index (χ2n) is 0.231. The summed E-state index contributed by atoms with van der Waals surface area (Å²) >= 11 is -3.29. The van der Waals surface area contributed by atoms with Gasteiger partial charge in [0.2, 0.25) is 0 Å². The van der Waals surface area contributed by atoms with Crippen molar-refractivity contribution in [3.05, 3.63) is 0 Å². The predicted octanol–water partition coefficient (Wildman–Crippen LogP) is -1.77. The Labute approximate surface area is 77.2 Å². The van der Waals surface area contributed by atoms with E-state index in [4.69, 9.17) is 12.2 Å². The topological polar surface area (TPSA) is 57.5 Å². The van der Waals surface area contributed by atoms with Gasteiger partial charge in [0, 0.05) is 0 Å². The van der Waals surface area contributed by atoms with E-state index in [1.165, 1.54) is 0 Å². The van der Waals surface area contributed by atoms with Crippen molar-refractivity contribution in [3.8, 4) is 0 Å². The smallest absolute Gasteiger partial charge is 1.00 e. The second-order valence-corrected chi connectivity index (χ2v) is 1.20. The molecular weight excluding hydrogens is 264 g/mol. The van der Waals surface area contributed by atoms with Gasteiger partial charge in [0.15, 0.2) is 0 Å². The molecule has 0 saturated heterocycles. The molecule has 0 aliphatic rings. The zero-order valence-electron chi connectivity index (χ0n) is 4.42. The van der Waals surface area contributed by atoms with Crippen molar-refractivity contribution in [1.82, 2.24) is 0 Å². The van der Waals surface area contributed by atoms with Crippen LogP contribution in [0.5, 0.6) is 0 Å². The van der Waals surface area contributed by atoms with Crippen LogP contribution in [0.25, 0.3) is 0 Å². The van der Waals surface area contributed by atoms with Crippen LogP contribution >= 0.6 is 0 Å². The molecule has 30 valence electrons. The van der Waals surface area contributed by atoms with E-state index in [2.05, 4.69) is 0 Å². The Balaban J connectivity index is -0.0000000150. The van der Waals surface area contributed by atoms with Gasteiger partial charge in [0.1, 0.15) is 0 Å². The second kappa shape index (κ2) is 5.81.